The minimum Gasteiger partial charge on any atom is -0.444 e. The van der Waals surface area contributed by atoms with E-state index in [2.05, 4.69) is 41.1 Å². The number of benzene rings is 1. The standard InChI is InChI=1S/C20H28BrNO3/c1-13-10-22(19(23)25-20(2,3)4)6-5-18(13)15-7-14(8-17(21)9-15)16-11-24-12-16/h7-9,13,16,18H,5-6,10-12H2,1-4H3. The maximum atomic E-state index is 12.3. The van der Waals surface area contributed by atoms with Gasteiger partial charge in [0, 0.05) is 23.5 Å². The first-order valence-corrected chi connectivity index (χ1v) is 9.88. The largest absolute Gasteiger partial charge is 0.444 e. The van der Waals surface area contributed by atoms with E-state index >= 15 is 0 Å². The van der Waals surface area contributed by atoms with Crippen LogP contribution in [-0.4, -0.2) is 42.9 Å². The maximum absolute atomic E-state index is 12.3. The fraction of sp³-hybridized carbons (Fsp3) is 0.650. The molecule has 2 saturated heterocycles. The van der Waals surface area contributed by atoms with Crippen LogP contribution in [0.3, 0.4) is 0 Å². The van der Waals surface area contributed by atoms with Gasteiger partial charge in [-0.3, -0.25) is 0 Å². The highest BCUT2D eigenvalue weighted by atomic mass is 79.9. The molecule has 1 aromatic carbocycles. The number of hydrogen-bond donors (Lipinski definition) is 0. The number of amides is 1. The highest BCUT2D eigenvalue weighted by Gasteiger charge is 2.32. The second-order valence-corrected chi connectivity index (χ2v) is 9.27. The number of rotatable bonds is 2. The average molecular weight is 410 g/mol. The van der Waals surface area contributed by atoms with Crippen LogP contribution in [0.25, 0.3) is 0 Å². The van der Waals surface area contributed by atoms with Gasteiger partial charge in [-0.25, -0.2) is 4.79 Å². The normalized spacial score (nSPS) is 24.8. The predicted octanol–water partition coefficient (Wildman–Crippen LogP) is 4.92. The fourth-order valence-corrected chi connectivity index (χ4v) is 4.18. The molecule has 2 heterocycles. The van der Waals surface area contributed by atoms with Crippen LogP contribution in [0, 0.1) is 5.92 Å². The van der Waals surface area contributed by atoms with Gasteiger partial charge in [0.25, 0.3) is 0 Å². The minimum atomic E-state index is -0.443. The Morgan fingerprint density at radius 1 is 1.24 bits per heavy atom. The summed E-state index contributed by atoms with van der Waals surface area (Å²) in [6.07, 6.45) is 0.775. The summed E-state index contributed by atoms with van der Waals surface area (Å²) in [5, 5.41) is 0. The van der Waals surface area contributed by atoms with Crippen LogP contribution in [0.1, 0.15) is 57.1 Å². The lowest BCUT2D eigenvalue weighted by Gasteiger charge is -2.38. The quantitative estimate of drug-likeness (QED) is 0.695. The monoisotopic (exact) mass is 409 g/mol. The van der Waals surface area contributed by atoms with E-state index < -0.39 is 5.60 Å². The van der Waals surface area contributed by atoms with Gasteiger partial charge in [0.2, 0.25) is 0 Å². The summed E-state index contributed by atoms with van der Waals surface area (Å²) >= 11 is 3.66. The van der Waals surface area contributed by atoms with Crippen molar-refractivity contribution < 1.29 is 14.3 Å². The van der Waals surface area contributed by atoms with Crippen molar-refractivity contribution >= 4 is 22.0 Å². The van der Waals surface area contributed by atoms with Crippen molar-refractivity contribution in [2.75, 3.05) is 26.3 Å². The van der Waals surface area contributed by atoms with E-state index in [9.17, 15) is 4.79 Å². The van der Waals surface area contributed by atoms with Crippen LogP contribution >= 0.6 is 15.9 Å². The molecular formula is C20H28BrNO3. The van der Waals surface area contributed by atoms with Gasteiger partial charge in [-0.15, -0.1) is 0 Å². The van der Waals surface area contributed by atoms with Crippen molar-refractivity contribution in [1.82, 2.24) is 4.90 Å². The molecule has 2 aliphatic rings. The molecule has 2 fully saturated rings. The zero-order valence-electron chi connectivity index (χ0n) is 15.5. The highest BCUT2D eigenvalue weighted by molar-refractivity contribution is 9.10. The van der Waals surface area contributed by atoms with E-state index in [4.69, 9.17) is 9.47 Å². The van der Waals surface area contributed by atoms with Crippen LogP contribution in [0.2, 0.25) is 0 Å². The Labute approximate surface area is 159 Å². The molecule has 2 aliphatic heterocycles. The molecule has 138 valence electrons. The Bertz CT molecular complexity index is 636. The van der Waals surface area contributed by atoms with E-state index in [1.807, 2.05) is 25.7 Å². The Kier molecular flexibility index (Phi) is 5.45. The first-order chi connectivity index (χ1) is 11.7. The van der Waals surface area contributed by atoms with Gasteiger partial charge in [-0.05, 0) is 62.3 Å². The number of carbonyl (C=O) groups is 1. The highest BCUT2D eigenvalue weighted by Crippen LogP contribution is 2.37. The van der Waals surface area contributed by atoms with Crippen LogP contribution in [0.4, 0.5) is 4.79 Å². The molecule has 2 atom stereocenters. The van der Waals surface area contributed by atoms with Gasteiger partial charge in [0.15, 0.2) is 0 Å². The van der Waals surface area contributed by atoms with E-state index in [0.29, 0.717) is 17.8 Å². The Morgan fingerprint density at radius 2 is 1.92 bits per heavy atom. The third kappa shape index (κ3) is 4.56. The summed E-state index contributed by atoms with van der Waals surface area (Å²) in [6, 6.07) is 6.77. The third-order valence-corrected chi connectivity index (χ3v) is 5.49. The van der Waals surface area contributed by atoms with Crippen LogP contribution in [-0.2, 0) is 9.47 Å². The SMILES string of the molecule is CC1CN(C(=O)OC(C)(C)C)CCC1c1cc(Br)cc(C2COC2)c1. The summed E-state index contributed by atoms with van der Waals surface area (Å²) in [4.78, 5) is 14.2. The summed E-state index contributed by atoms with van der Waals surface area (Å²) in [5.41, 5.74) is 2.28. The number of ether oxygens (including phenoxy) is 2. The molecule has 5 heteroatoms. The number of nitrogens with zero attached hydrogens (tertiary/aromatic N) is 1. The molecule has 2 unspecified atom stereocenters. The second-order valence-electron chi connectivity index (χ2n) is 8.35. The molecule has 0 saturated carbocycles. The molecule has 3 rings (SSSR count). The molecule has 0 aromatic heterocycles. The average Bonchev–Trinajstić information content (AvgIpc) is 2.42. The van der Waals surface area contributed by atoms with Gasteiger partial charge < -0.3 is 14.4 Å². The van der Waals surface area contributed by atoms with E-state index in [0.717, 1.165) is 37.2 Å². The summed E-state index contributed by atoms with van der Waals surface area (Å²) in [6.45, 7) is 11.1. The number of piperidine rings is 1. The maximum Gasteiger partial charge on any atom is 0.410 e. The lowest BCUT2D eigenvalue weighted by atomic mass is 9.80. The lowest BCUT2D eigenvalue weighted by molar-refractivity contribution is 0.00822. The van der Waals surface area contributed by atoms with Crippen LogP contribution in [0.15, 0.2) is 22.7 Å². The van der Waals surface area contributed by atoms with Gasteiger partial charge in [-0.1, -0.05) is 28.9 Å². The molecule has 0 spiro atoms. The summed E-state index contributed by atoms with van der Waals surface area (Å²) in [5.74, 6) is 1.39. The topological polar surface area (TPSA) is 38.8 Å². The number of halogens is 1. The van der Waals surface area contributed by atoms with Gasteiger partial charge in [-0.2, -0.15) is 0 Å². The Hall–Kier alpha value is -1.07. The Morgan fingerprint density at radius 3 is 2.48 bits per heavy atom. The molecule has 0 bridgehead atoms. The van der Waals surface area contributed by atoms with Crippen LogP contribution in [0.5, 0.6) is 0 Å². The first kappa shape index (κ1) is 18.7. The molecule has 0 radical (unpaired) electrons. The van der Waals surface area contributed by atoms with E-state index in [1.165, 1.54) is 11.1 Å². The molecular weight excluding hydrogens is 382 g/mol. The molecule has 1 aromatic rings. The van der Waals surface area contributed by atoms with Crippen molar-refractivity contribution in [2.24, 2.45) is 5.92 Å². The van der Waals surface area contributed by atoms with Gasteiger partial charge in [0.1, 0.15) is 5.60 Å². The smallest absolute Gasteiger partial charge is 0.410 e. The zero-order valence-corrected chi connectivity index (χ0v) is 17.1. The van der Waals surface area contributed by atoms with Crippen molar-refractivity contribution in [3.8, 4) is 0 Å². The molecule has 0 N–H and O–H groups in total. The van der Waals surface area contributed by atoms with Gasteiger partial charge >= 0.3 is 6.09 Å². The molecule has 1 amide bonds. The molecule has 25 heavy (non-hydrogen) atoms. The number of hydrogen-bond acceptors (Lipinski definition) is 3. The second kappa shape index (κ2) is 7.28. The van der Waals surface area contributed by atoms with Crippen molar-refractivity contribution in [1.29, 1.82) is 0 Å². The predicted molar refractivity (Wildman–Crippen MR) is 102 cm³/mol. The Balaban J connectivity index is 1.69. The number of carbonyl (C=O) groups excluding carboxylic acids is 1. The summed E-state index contributed by atoms with van der Waals surface area (Å²) < 4.78 is 12.0. The third-order valence-electron chi connectivity index (χ3n) is 5.04. The zero-order chi connectivity index (χ0) is 18.2. The molecule has 4 nitrogen and oxygen atoms in total. The van der Waals surface area contributed by atoms with Crippen molar-refractivity contribution in [3.63, 3.8) is 0 Å². The summed E-state index contributed by atoms with van der Waals surface area (Å²) in [7, 11) is 0. The van der Waals surface area contributed by atoms with E-state index in [-0.39, 0.29) is 6.09 Å². The number of likely N-dealkylation sites (tertiary alicyclic amines) is 1. The lowest BCUT2D eigenvalue weighted by Crippen LogP contribution is -2.44. The van der Waals surface area contributed by atoms with E-state index in [1.54, 1.807) is 0 Å². The first-order valence-electron chi connectivity index (χ1n) is 9.09. The van der Waals surface area contributed by atoms with Crippen LogP contribution < -0.4 is 0 Å². The van der Waals surface area contributed by atoms with Crippen molar-refractivity contribution in [3.05, 3.63) is 33.8 Å². The minimum absolute atomic E-state index is 0.195. The van der Waals surface area contributed by atoms with Gasteiger partial charge in [0.05, 0.1) is 13.2 Å². The fourth-order valence-electron chi connectivity index (χ4n) is 3.65. The molecule has 0 aliphatic carbocycles. The van der Waals surface area contributed by atoms with Crippen molar-refractivity contribution in [2.45, 2.75) is 51.6 Å².